The molecule has 0 heterocycles. The van der Waals surface area contributed by atoms with E-state index in [1.165, 1.54) is 6.26 Å². The van der Waals surface area contributed by atoms with E-state index in [-0.39, 0.29) is 5.75 Å². The monoisotopic (exact) mass is 238 g/mol. The van der Waals surface area contributed by atoms with E-state index < -0.39 is 9.84 Å². The molecule has 2 N–H and O–H groups in total. The summed E-state index contributed by atoms with van der Waals surface area (Å²) in [4.78, 5) is 0. The van der Waals surface area contributed by atoms with Gasteiger partial charge >= 0.3 is 0 Å². The van der Waals surface area contributed by atoms with Gasteiger partial charge in [0.25, 0.3) is 0 Å². The third kappa shape index (κ3) is 9.73. The minimum Gasteiger partial charge on any atom is -0.363 e. The Labute approximate surface area is 91.4 Å². The second-order valence-electron chi connectivity index (χ2n) is 3.17. The first kappa shape index (κ1) is 13.6. The maximum Gasteiger partial charge on any atom is 0.166 e. The summed E-state index contributed by atoms with van der Waals surface area (Å²) in [6, 6.07) is 0. The molecule has 0 aliphatic carbocycles. The zero-order valence-corrected chi connectivity index (χ0v) is 10.3. The van der Waals surface area contributed by atoms with E-state index in [1.807, 2.05) is 0 Å². The lowest BCUT2D eigenvalue weighted by Crippen LogP contribution is -2.36. The molecule has 6 heteroatoms. The van der Waals surface area contributed by atoms with Crippen molar-refractivity contribution in [3.05, 3.63) is 0 Å². The lowest BCUT2D eigenvalue weighted by molar-refractivity contribution is 0.598. The molecule has 0 aromatic carbocycles. The van der Waals surface area contributed by atoms with Crippen molar-refractivity contribution in [1.29, 1.82) is 0 Å². The molecule has 0 amide bonds. The van der Waals surface area contributed by atoms with Gasteiger partial charge in [-0.1, -0.05) is 6.92 Å². The molecule has 0 fully saturated rings. The quantitative estimate of drug-likeness (QED) is 0.515. The average Bonchev–Trinajstić information content (AvgIpc) is 2.07. The van der Waals surface area contributed by atoms with Crippen molar-refractivity contribution in [3.63, 3.8) is 0 Å². The highest BCUT2D eigenvalue weighted by atomic mass is 32.2. The van der Waals surface area contributed by atoms with E-state index in [1.54, 1.807) is 0 Å². The number of nitrogens with one attached hydrogen (secondary N) is 2. The Morgan fingerprint density at radius 1 is 1.29 bits per heavy atom. The van der Waals surface area contributed by atoms with Crippen molar-refractivity contribution in [3.8, 4) is 0 Å². The molecule has 0 spiro atoms. The standard InChI is InChI=1S/C8H18N2O2S2/c1-3-5-9-8(13)10-6-4-7-14(2,11)12/h3-7H2,1-2H3,(H2,9,10,13). The zero-order valence-electron chi connectivity index (χ0n) is 8.67. The van der Waals surface area contributed by atoms with Gasteiger partial charge in [0, 0.05) is 19.3 Å². The molecular formula is C8H18N2O2S2. The van der Waals surface area contributed by atoms with Crippen LogP contribution in [0.5, 0.6) is 0 Å². The number of sulfone groups is 1. The molecule has 0 saturated carbocycles. The molecule has 0 radical (unpaired) electrons. The molecule has 4 nitrogen and oxygen atoms in total. The van der Waals surface area contributed by atoms with Crippen molar-refractivity contribution in [2.75, 3.05) is 25.1 Å². The summed E-state index contributed by atoms with van der Waals surface area (Å²) in [5.74, 6) is 0.205. The van der Waals surface area contributed by atoms with Crippen LogP contribution in [0.1, 0.15) is 19.8 Å². The Morgan fingerprint density at radius 3 is 2.36 bits per heavy atom. The van der Waals surface area contributed by atoms with E-state index in [2.05, 4.69) is 17.6 Å². The third-order valence-electron chi connectivity index (χ3n) is 1.51. The van der Waals surface area contributed by atoms with Gasteiger partial charge in [0.15, 0.2) is 5.11 Å². The number of hydrogen-bond donors (Lipinski definition) is 2. The Morgan fingerprint density at radius 2 is 1.86 bits per heavy atom. The summed E-state index contributed by atoms with van der Waals surface area (Å²) in [5.41, 5.74) is 0. The molecule has 0 aliphatic rings. The van der Waals surface area contributed by atoms with Crippen molar-refractivity contribution in [2.24, 2.45) is 0 Å². The molecule has 0 aliphatic heterocycles. The summed E-state index contributed by atoms with van der Waals surface area (Å²) in [7, 11) is -2.84. The summed E-state index contributed by atoms with van der Waals surface area (Å²) in [6.07, 6.45) is 2.85. The predicted molar refractivity (Wildman–Crippen MR) is 63.2 cm³/mol. The minimum absolute atomic E-state index is 0.205. The van der Waals surface area contributed by atoms with E-state index in [0.717, 1.165) is 13.0 Å². The molecule has 84 valence electrons. The lowest BCUT2D eigenvalue weighted by Gasteiger charge is -2.08. The first-order valence-corrected chi connectivity index (χ1v) is 7.12. The molecular weight excluding hydrogens is 220 g/mol. The molecule has 0 bridgehead atoms. The Bertz CT molecular complexity index is 263. The highest BCUT2D eigenvalue weighted by Crippen LogP contribution is 1.86. The van der Waals surface area contributed by atoms with Gasteiger partial charge in [-0.2, -0.15) is 0 Å². The molecule has 0 aromatic rings. The van der Waals surface area contributed by atoms with Crippen LogP contribution >= 0.6 is 12.2 Å². The van der Waals surface area contributed by atoms with Crippen LogP contribution in [0.3, 0.4) is 0 Å². The normalized spacial score (nSPS) is 11.0. The van der Waals surface area contributed by atoms with E-state index in [4.69, 9.17) is 12.2 Å². The van der Waals surface area contributed by atoms with Crippen LogP contribution in [0.15, 0.2) is 0 Å². The van der Waals surface area contributed by atoms with Gasteiger partial charge in [0.05, 0.1) is 5.75 Å². The van der Waals surface area contributed by atoms with Gasteiger partial charge in [-0.3, -0.25) is 0 Å². The van der Waals surface area contributed by atoms with Crippen LogP contribution < -0.4 is 10.6 Å². The molecule has 0 saturated heterocycles. The van der Waals surface area contributed by atoms with Gasteiger partial charge in [-0.15, -0.1) is 0 Å². The predicted octanol–water partition coefficient (Wildman–Crippen LogP) is 0.295. The summed E-state index contributed by atoms with van der Waals surface area (Å²) in [5, 5.41) is 6.54. The van der Waals surface area contributed by atoms with Crippen molar-refractivity contribution >= 4 is 27.2 Å². The minimum atomic E-state index is -2.84. The highest BCUT2D eigenvalue weighted by molar-refractivity contribution is 7.90. The SMILES string of the molecule is CCCNC(=S)NCCCS(C)(=O)=O. The molecule has 14 heavy (non-hydrogen) atoms. The number of thiocarbonyl (C=S) groups is 1. The van der Waals surface area contributed by atoms with E-state index in [9.17, 15) is 8.42 Å². The van der Waals surface area contributed by atoms with Crippen LogP contribution in [0.25, 0.3) is 0 Å². The van der Waals surface area contributed by atoms with Gasteiger partial charge in [-0.25, -0.2) is 8.42 Å². The fraction of sp³-hybridized carbons (Fsp3) is 0.875. The van der Waals surface area contributed by atoms with Crippen molar-refractivity contribution in [2.45, 2.75) is 19.8 Å². The number of rotatable bonds is 6. The summed E-state index contributed by atoms with van der Waals surface area (Å²) >= 11 is 4.95. The first-order valence-electron chi connectivity index (χ1n) is 4.65. The lowest BCUT2D eigenvalue weighted by atomic mass is 10.5. The Kier molecular flexibility index (Phi) is 6.82. The third-order valence-corrected chi connectivity index (χ3v) is 2.83. The smallest absolute Gasteiger partial charge is 0.166 e. The maximum atomic E-state index is 10.8. The fourth-order valence-corrected chi connectivity index (χ4v) is 1.71. The van der Waals surface area contributed by atoms with Crippen molar-refractivity contribution < 1.29 is 8.42 Å². The largest absolute Gasteiger partial charge is 0.363 e. The Balaban J connectivity index is 3.41. The molecule has 0 aromatic heterocycles. The molecule has 0 unspecified atom stereocenters. The zero-order chi connectivity index (χ0) is 11.0. The molecule has 0 atom stereocenters. The van der Waals surface area contributed by atoms with Gasteiger partial charge in [0.2, 0.25) is 0 Å². The fourth-order valence-electron chi connectivity index (χ4n) is 0.837. The van der Waals surface area contributed by atoms with Crippen LogP contribution in [0.4, 0.5) is 0 Å². The average molecular weight is 238 g/mol. The summed E-state index contributed by atoms with van der Waals surface area (Å²) in [6.45, 7) is 3.50. The van der Waals surface area contributed by atoms with Gasteiger partial charge in [-0.05, 0) is 25.1 Å². The second-order valence-corrected chi connectivity index (χ2v) is 5.83. The van der Waals surface area contributed by atoms with Crippen LogP contribution in [-0.2, 0) is 9.84 Å². The number of hydrogen-bond acceptors (Lipinski definition) is 3. The van der Waals surface area contributed by atoms with E-state index in [0.29, 0.717) is 18.1 Å². The molecule has 0 rings (SSSR count). The topological polar surface area (TPSA) is 58.2 Å². The van der Waals surface area contributed by atoms with Crippen molar-refractivity contribution in [1.82, 2.24) is 10.6 Å². The van der Waals surface area contributed by atoms with Gasteiger partial charge < -0.3 is 10.6 Å². The second kappa shape index (κ2) is 7.00. The van der Waals surface area contributed by atoms with Crippen LogP contribution in [0, 0.1) is 0 Å². The van der Waals surface area contributed by atoms with Crippen LogP contribution in [0.2, 0.25) is 0 Å². The van der Waals surface area contributed by atoms with E-state index >= 15 is 0 Å². The van der Waals surface area contributed by atoms with Gasteiger partial charge in [0.1, 0.15) is 9.84 Å². The Hall–Kier alpha value is -0.360. The highest BCUT2D eigenvalue weighted by Gasteiger charge is 2.01. The van der Waals surface area contributed by atoms with Crippen LogP contribution in [-0.4, -0.2) is 38.6 Å². The summed E-state index contributed by atoms with van der Waals surface area (Å²) < 4.78 is 21.5. The maximum absolute atomic E-state index is 10.8. The first-order chi connectivity index (χ1) is 6.45.